The van der Waals surface area contributed by atoms with Crippen molar-refractivity contribution in [1.82, 2.24) is 0 Å². The van der Waals surface area contributed by atoms with Crippen LogP contribution in [0.5, 0.6) is 0 Å². The fourth-order valence-corrected chi connectivity index (χ4v) is 9.60. The van der Waals surface area contributed by atoms with Gasteiger partial charge in [0, 0.05) is 13.0 Å². The molecule has 0 amide bonds. The van der Waals surface area contributed by atoms with Gasteiger partial charge in [-0.25, -0.2) is 4.18 Å². The normalized spacial score (nSPS) is 19.2. The Labute approximate surface area is 434 Å². The van der Waals surface area contributed by atoms with Crippen LogP contribution in [0.15, 0.2) is 36.5 Å². The number of unbranched alkanes of at least 4 members (excludes halogenated alkanes) is 33. The number of aliphatic hydroxyl groups excluding tert-OH is 3. The van der Waals surface area contributed by atoms with Crippen LogP contribution in [-0.4, -0.2) is 97.5 Å². The summed E-state index contributed by atoms with van der Waals surface area (Å²) in [5, 5.41) is 30.8. The van der Waals surface area contributed by atoms with E-state index >= 15 is 0 Å². The van der Waals surface area contributed by atoms with Crippen LogP contribution in [0.25, 0.3) is 0 Å². The Hall–Kier alpha value is -1.68. The Bertz CT molecular complexity index is 1370. The van der Waals surface area contributed by atoms with E-state index in [0.29, 0.717) is 13.0 Å². The second-order valence-electron chi connectivity index (χ2n) is 20.2. The molecule has 1 aliphatic heterocycles. The van der Waals surface area contributed by atoms with Crippen LogP contribution in [0.3, 0.4) is 0 Å². The van der Waals surface area contributed by atoms with Gasteiger partial charge in [-0.05, 0) is 51.4 Å². The van der Waals surface area contributed by atoms with Crippen LogP contribution in [0.2, 0.25) is 0 Å². The maximum atomic E-state index is 12.9. The zero-order chi connectivity index (χ0) is 51.7. The van der Waals surface area contributed by atoms with Gasteiger partial charge in [0.15, 0.2) is 6.29 Å². The zero-order valence-corrected chi connectivity index (χ0v) is 46.1. The van der Waals surface area contributed by atoms with Crippen LogP contribution in [0.1, 0.15) is 264 Å². The third-order valence-corrected chi connectivity index (χ3v) is 14.0. The number of hydrogen-bond donors (Lipinski definition) is 4. The third kappa shape index (κ3) is 42.3. The Morgan fingerprint density at radius 1 is 0.535 bits per heavy atom. The van der Waals surface area contributed by atoms with Crippen LogP contribution >= 0.6 is 0 Å². The molecule has 71 heavy (non-hydrogen) atoms. The molecule has 0 aromatic rings. The topological polar surface area (TPSA) is 178 Å². The summed E-state index contributed by atoms with van der Waals surface area (Å²) in [4.78, 5) is 12.9. The molecule has 4 N–H and O–H groups in total. The quantitative estimate of drug-likeness (QED) is 0.0196. The van der Waals surface area contributed by atoms with E-state index in [1.54, 1.807) is 0 Å². The van der Waals surface area contributed by atoms with E-state index in [9.17, 15) is 33.1 Å². The van der Waals surface area contributed by atoms with Crippen molar-refractivity contribution < 1.29 is 56.2 Å². The first kappa shape index (κ1) is 67.3. The van der Waals surface area contributed by atoms with Gasteiger partial charge in [-0.3, -0.25) is 9.35 Å². The molecule has 0 saturated carbocycles. The molecule has 1 aliphatic rings. The van der Waals surface area contributed by atoms with E-state index in [2.05, 4.69) is 54.5 Å². The van der Waals surface area contributed by atoms with Crippen LogP contribution < -0.4 is 0 Å². The molecule has 0 spiro atoms. The molecular formula is C58H108O12S. The number of carbonyl (C=O) groups excluding carboxylic acids is 1. The third-order valence-electron chi connectivity index (χ3n) is 13.5. The maximum absolute atomic E-state index is 12.9. The minimum atomic E-state index is -5.07. The van der Waals surface area contributed by atoms with Gasteiger partial charge in [-0.2, -0.15) is 8.42 Å². The summed E-state index contributed by atoms with van der Waals surface area (Å²) in [6.07, 6.45) is 51.9. The summed E-state index contributed by atoms with van der Waals surface area (Å²) in [6.45, 7) is 4.00. The van der Waals surface area contributed by atoms with E-state index in [1.807, 2.05) is 0 Å². The summed E-state index contributed by atoms with van der Waals surface area (Å²) in [5.41, 5.74) is 0. The fraction of sp³-hybridized carbons (Fsp3) is 0.879. The molecule has 1 saturated heterocycles. The molecule has 1 heterocycles. The van der Waals surface area contributed by atoms with Gasteiger partial charge in [0.2, 0.25) is 0 Å². The molecule has 13 heteroatoms. The van der Waals surface area contributed by atoms with Crippen LogP contribution in [0.4, 0.5) is 0 Å². The van der Waals surface area contributed by atoms with E-state index in [4.69, 9.17) is 18.9 Å². The number of hydrogen-bond acceptors (Lipinski definition) is 11. The standard InChI is InChI=1S/C58H108O12S/c1-3-5-7-9-11-13-15-17-19-21-23-24-25-26-27-28-30-32-34-36-38-40-42-44-46-48-66-50-52(51-67-58-56(62)57(70-71(63,64)65)55(61)53(49-59)69-58)68-54(60)47-45-43-41-39-37-35-33-31-29-22-20-18-16-14-12-10-8-6-4-2/h12,14,18,20,29,31,52-53,55-59,61-62H,3-11,13,15-17,19,21-28,30,32-51H2,1-2H3,(H,63,64,65)/b14-12-,20-18-,31-29-. The van der Waals surface area contributed by atoms with Crippen molar-refractivity contribution in [3.63, 3.8) is 0 Å². The highest BCUT2D eigenvalue weighted by molar-refractivity contribution is 7.80. The van der Waals surface area contributed by atoms with Crippen molar-refractivity contribution in [2.45, 2.75) is 301 Å². The second kappa shape index (κ2) is 49.2. The van der Waals surface area contributed by atoms with Gasteiger partial charge < -0.3 is 34.3 Å². The highest BCUT2D eigenvalue weighted by atomic mass is 32.3. The smallest absolute Gasteiger partial charge is 0.397 e. The second-order valence-corrected chi connectivity index (χ2v) is 21.3. The van der Waals surface area contributed by atoms with Crippen molar-refractivity contribution in [3.05, 3.63) is 36.5 Å². The number of allylic oxidation sites excluding steroid dienone is 6. The van der Waals surface area contributed by atoms with Gasteiger partial charge in [0.1, 0.15) is 30.5 Å². The molecule has 0 aromatic heterocycles. The molecule has 6 atom stereocenters. The average Bonchev–Trinajstić information content (AvgIpc) is 3.35. The van der Waals surface area contributed by atoms with Gasteiger partial charge in [-0.1, -0.05) is 243 Å². The van der Waals surface area contributed by atoms with E-state index < -0.39 is 59.8 Å². The largest absolute Gasteiger partial charge is 0.457 e. The van der Waals surface area contributed by atoms with E-state index in [-0.39, 0.29) is 19.6 Å². The molecule has 0 radical (unpaired) electrons. The minimum absolute atomic E-state index is 0.0340. The van der Waals surface area contributed by atoms with E-state index in [1.165, 1.54) is 167 Å². The number of aliphatic hydroxyl groups is 3. The number of rotatable bonds is 52. The van der Waals surface area contributed by atoms with Crippen molar-refractivity contribution in [2.75, 3.05) is 26.4 Å². The Balaban J connectivity index is 2.28. The molecule has 1 fully saturated rings. The molecule has 418 valence electrons. The fourth-order valence-electron chi connectivity index (χ4n) is 9.09. The lowest BCUT2D eigenvalue weighted by Crippen LogP contribution is -2.60. The van der Waals surface area contributed by atoms with Crippen LogP contribution in [0, 0.1) is 0 Å². The first-order valence-corrected chi connectivity index (χ1v) is 30.6. The number of esters is 1. The van der Waals surface area contributed by atoms with Crippen molar-refractivity contribution in [1.29, 1.82) is 0 Å². The SMILES string of the molecule is CCCCC/C=C\C/C=C\C/C=C\CCCCCCCCC(=O)OC(COCCCCCCCCCCCCCCCCCCCCCCCCCCC)COC1OC(CO)C(O)C(OS(=O)(=O)O)C1O. The molecular weight excluding hydrogens is 921 g/mol. The van der Waals surface area contributed by atoms with Crippen molar-refractivity contribution in [2.24, 2.45) is 0 Å². The van der Waals surface area contributed by atoms with Gasteiger partial charge in [-0.15, -0.1) is 0 Å². The lowest BCUT2D eigenvalue weighted by Gasteiger charge is -2.41. The Morgan fingerprint density at radius 3 is 1.38 bits per heavy atom. The molecule has 6 unspecified atom stereocenters. The lowest BCUT2D eigenvalue weighted by molar-refractivity contribution is -0.301. The molecule has 12 nitrogen and oxygen atoms in total. The number of ether oxygens (including phenoxy) is 4. The first-order valence-electron chi connectivity index (χ1n) is 29.2. The molecule has 0 aromatic carbocycles. The monoisotopic (exact) mass is 1030 g/mol. The van der Waals surface area contributed by atoms with Gasteiger partial charge in [0.05, 0.1) is 19.8 Å². The summed E-state index contributed by atoms with van der Waals surface area (Å²) in [6, 6.07) is 0. The minimum Gasteiger partial charge on any atom is -0.457 e. The van der Waals surface area contributed by atoms with Crippen molar-refractivity contribution in [3.8, 4) is 0 Å². The maximum Gasteiger partial charge on any atom is 0.397 e. The molecule has 1 rings (SSSR count). The summed E-state index contributed by atoms with van der Waals surface area (Å²) < 4.78 is 59.4. The van der Waals surface area contributed by atoms with Crippen molar-refractivity contribution >= 4 is 16.4 Å². The summed E-state index contributed by atoms with van der Waals surface area (Å²) >= 11 is 0. The van der Waals surface area contributed by atoms with Gasteiger partial charge in [0.25, 0.3) is 0 Å². The zero-order valence-electron chi connectivity index (χ0n) is 45.3. The average molecular weight is 1030 g/mol. The van der Waals surface area contributed by atoms with Gasteiger partial charge >= 0.3 is 16.4 Å². The summed E-state index contributed by atoms with van der Waals surface area (Å²) in [5.74, 6) is -0.407. The first-order chi connectivity index (χ1) is 34.6. The number of carbonyl (C=O) groups is 1. The van der Waals surface area contributed by atoms with E-state index in [0.717, 1.165) is 70.6 Å². The predicted molar refractivity (Wildman–Crippen MR) is 290 cm³/mol. The molecule has 0 bridgehead atoms. The molecule has 0 aliphatic carbocycles. The predicted octanol–water partition coefficient (Wildman–Crippen LogP) is 14.5. The Kier molecular flexibility index (Phi) is 46.7. The lowest BCUT2D eigenvalue weighted by atomic mass is 9.99. The summed E-state index contributed by atoms with van der Waals surface area (Å²) in [7, 11) is -5.07. The Morgan fingerprint density at radius 2 is 0.930 bits per heavy atom. The highest BCUT2D eigenvalue weighted by Gasteiger charge is 2.48. The highest BCUT2D eigenvalue weighted by Crippen LogP contribution is 2.26. The van der Waals surface area contributed by atoms with Crippen LogP contribution in [-0.2, 0) is 38.3 Å².